The van der Waals surface area contributed by atoms with Crippen molar-refractivity contribution in [1.29, 1.82) is 0 Å². The first kappa shape index (κ1) is 13.5. The summed E-state index contributed by atoms with van der Waals surface area (Å²) < 4.78 is 5.59. The highest BCUT2D eigenvalue weighted by molar-refractivity contribution is 7.09. The first-order chi connectivity index (χ1) is 9.20. The first-order valence-corrected chi connectivity index (χ1v) is 6.64. The zero-order valence-electron chi connectivity index (χ0n) is 10.5. The van der Waals surface area contributed by atoms with Crippen molar-refractivity contribution >= 4 is 22.7 Å². The number of hydrogen-bond acceptors (Lipinski definition) is 5. The van der Waals surface area contributed by atoms with E-state index in [1.165, 1.54) is 6.07 Å². The number of non-ortho nitro benzene ring substituents is 1. The van der Waals surface area contributed by atoms with Crippen LogP contribution in [-0.4, -0.2) is 12.0 Å². The van der Waals surface area contributed by atoms with Crippen molar-refractivity contribution in [2.75, 3.05) is 12.4 Å². The minimum absolute atomic E-state index is 0.0775. The van der Waals surface area contributed by atoms with Crippen molar-refractivity contribution in [3.05, 3.63) is 56.3 Å². The predicted molar refractivity (Wildman–Crippen MR) is 75.5 cm³/mol. The lowest BCUT2D eigenvalue weighted by Crippen LogP contribution is -2.00. The molecule has 19 heavy (non-hydrogen) atoms. The van der Waals surface area contributed by atoms with Crippen molar-refractivity contribution in [1.82, 2.24) is 0 Å². The molecule has 0 atom stereocenters. The lowest BCUT2D eigenvalue weighted by atomic mass is 10.1. The van der Waals surface area contributed by atoms with E-state index in [4.69, 9.17) is 4.74 Å². The monoisotopic (exact) mass is 278 g/mol. The third-order valence-electron chi connectivity index (χ3n) is 2.65. The Labute approximate surface area is 115 Å². The van der Waals surface area contributed by atoms with Crippen LogP contribution in [0.3, 0.4) is 0 Å². The van der Waals surface area contributed by atoms with E-state index in [9.17, 15) is 10.1 Å². The van der Waals surface area contributed by atoms with Gasteiger partial charge in [0.15, 0.2) is 0 Å². The molecule has 0 spiro atoms. The smallest absolute Gasteiger partial charge is 0.269 e. The van der Waals surface area contributed by atoms with Crippen LogP contribution >= 0.6 is 11.3 Å². The molecule has 0 aliphatic carbocycles. The number of anilines is 1. The fraction of sp³-hybridized carbons (Fsp3) is 0.231. The van der Waals surface area contributed by atoms with Crippen LogP contribution in [0.1, 0.15) is 10.4 Å². The summed E-state index contributed by atoms with van der Waals surface area (Å²) in [6.07, 6.45) is 0. The number of ether oxygens (including phenoxy) is 1. The maximum atomic E-state index is 10.8. The summed E-state index contributed by atoms with van der Waals surface area (Å²) in [5, 5.41) is 15.8. The second kappa shape index (κ2) is 6.31. The average molecular weight is 278 g/mol. The Balaban J connectivity index is 2.04. The van der Waals surface area contributed by atoms with Gasteiger partial charge in [-0.15, -0.1) is 11.3 Å². The lowest BCUT2D eigenvalue weighted by molar-refractivity contribution is -0.384. The first-order valence-electron chi connectivity index (χ1n) is 5.76. The topological polar surface area (TPSA) is 64.4 Å². The van der Waals surface area contributed by atoms with E-state index in [2.05, 4.69) is 5.32 Å². The Bertz CT molecular complexity index is 555. The van der Waals surface area contributed by atoms with Crippen molar-refractivity contribution in [3.63, 3.8) is 0 Å². The lowest BCUT2D eigenvalue weighted by Gasteiger charge is -2.09. The van der Waals surface area contributed by atoms with Crippen molar-refractivity contribution in [2.24, 2.45) is 0 Å². The summed E-state index contributed by atoms with van der Waals surface area (Å²) in [4.78, 5) is 11.5. The highest BCUT2D eigenvalue weighted by Gasteiger charge is 2.10. The number of benzene rings is 1. The summed E-state index contributed by atoms with van der Waals surface area (Å²) in [6.45, 7) is 0.860. The molecule has 5 nitrogen and oxygen atoms in total. The number of thiophene rings is 1. The Morgan fingerprint density at radius 2 is 2.21 bits per heavy atom. The van der Waals surface area contributed by atoms with Gasteiger partial charge < -0.3 is 10.1 Å². The zero-order chi connectivity index (χ0) is 13.7. The number of hydrogen-bond donors (Lipinski definition) is 1. The van der Waals surface area contributed by atoms with E-state index in [0.717, 1.165) is 16.1 Å². The number of rotatable bonds is 6. The Morgan fingerprint density at radius 1 is 1.37 bits per heavy atom. The summed E-state index contributed by atoms with van der Waals surface area (Å²) in [5.41, 5.74) is 1.71. The number of nitro groups is 1. The molecule has 0 saturated carbocycles. The molecule has 0 unspecified atom stereocenters. The van der Waals surface area contributed by atoms with Gasteiger partial charge in [-0.1, -0.05) is 6.07 Å². The molecular weight excluding hydrogens is 264 g/mol. The highest BCUT2D eigenvalue weighted by Crippen LogP contribution is 2.23. The normalized spacial score (nSPS) is 10.4. The number of nitrogens with zero attached hydrogens (tertiary/aromatic N) is 1. The molecule has 6 heteroatoms. The largest absolute Gasteiger partial charge is 0.388 e. The molecule has 0 fully saturated rings. The van der Waals surface area contributed by atoms with Gasteiger partial charge in [0, 0.05) is 35.3 Å². The number of nitro benzene ring substituents is 1. The second-order valence-corrected chi connectivity index (χ2v) is 4.95. The maximum absolute atomic E-state index is 10.8. The molecule has 1 aromatic heterocycles. The minimum Gasteiger partial charge on any atom is -0.388 e. The van der Waals surface area contributed by atoms with Gasteiger partial charge in [-0.2, -0.15) is 0 Å². The van der Waals surface area contributed by atoms with Gasteiger partial charge >= 0.3 is 0 Å². The molecule has 0 radical (unpaired) electrons. The minimum atomic E-state index is -0.401. The molecule has 1 N–H and O–H groups in total. The van der Waals surface area contributed by atoms with Gasteiger partial charge in [0.2, 0.25) is 0 Å². The van der Waals surface area contributed by atoms with Crippen LogP contribution in [0.4, 0.5) is 11.4 Å². The van der Waals surface area contributed by atoms with Crippen molar-refractivity contribution < 1.29 is 9.66 Å². The molecular formula is C13H14N2O3S. The molecule has 0 amide bonds. The van der Waals surface area contributed by atoms with Crippen molar-refractivity contribution in [3.8, 4) is 0 Å². The van der Waals surface area contributed by atoms with Gasteiger partial charge in [-0.25, -0.2) is 0 Å². The summed E-state index contributed by atoms with van der Waals surface area (Å²) in [6, 6.07) is 8.68. The van der Waals surface area contributed by atoms with Crippen molar-refractivity contribution in [2.45, 2.75) is 13.2 Å². The predicted octanol–water partition coefficient (Wildman–Crippen LogP) is 3.41. The Hall–Kier alpha value is -1.92. The van der Waals surface area contributed by atoms with E-state index < -0.39 is 4.92 Å². The number of nitrogens with one attached hydrogen (secondary N) is 1. The van der Waals surface area contributed by atoms with Crippen LogP contribution in [0.5, 0.6) is 0 Å². The van der Waals surface area contributed by atoms with E-state index in [-0.39, 0.29) is 5.69 Å². The SMILES string of the molecule is CNc1ccc([N+](=O)[O-])cc1COCc1cccs1. The van der Waals surface area contributed by atoms with Crippen LogP contribution in [0.15, 0.2) is 35.7 Å². The van der Waals surface area contributed by atoms with E-state index in [0.29, 0.717) is 13.2 Å². The van der Waals surface area contributed by atoms with Gasteiger partial charge in [-0.3, -0.25) is 10.1 Å². The summed E-state index contributed by atoms with van der Waals surface area (Å²) in [5.74, 6) is 0. The van der Waals surface area contributed by atoms with Gasteiger partial charge in [-0.05, 0) is 17.5 Å². The Morgan fingerprint density at radius 3 is 2.84 bits per heavy atom. The fourth-order valence-corrected chi connectivity index (χ4v) is 2.35. The van der Waals surface area contributed by atoms with Crippen LogP contribution in [0, 0.1) is 10.1 Å². The van der Waals surface area contributed by atoms with E-state index >= 15 is 0 Å². The standard InChI is InChI=1S/C13H14N2O3S/c1-14-13-5-4-11(15(16)17)7-10(13)8-18-9-12-3-2-6-19-12/h2-7,14H,8-9H2,1H3. The molecule has 2 aromatic rings. The summed E-state index contributed by atoms with van der Waals surface area (Å²) >= 11 is 1.63. The molecule has 0 saturated heterocycles. The van der Waals surface area contributed by atoms with E-state index in [1.54, 1.807) is 30.5 Å². The average Bonchev–Trinajstić information content (AvgIpc) is 2.91. The third-order valence-corrected chi connectivity index (χ3v) is 3.50. The highest BCUT2D eigenvalue weighted by atomic mass is 32.1. The molecule has 1 aromatic carbocycles. The van der Waals surface area contributed by atoms with E-state index in [1.807, 2.05) is 17.5 Å². The molecule has 2 rings (SSSR count). The third kappa shape index (κ3) is 3.52. The Kier molecular flexibility index (Phi) is 4.48. The van der Waals surface area contributed by atoms with Crippen LogP contribution < -0.4 is 5.32 Å². The van der Waals surface area contributed by atoms with Gasteiger partial charge in [0.25, 0.3) is 5.69 Å². The van der Waals surface area contributed by atoms with Crippen LogP contribution in [0.25, 0.3) is 0 Å². The molecule has 100 valence electrons. The van der Waals surface area contributed by atoms with Crippen LogP contribution in [-0.2, 0) is 18.0 Å². The quantitative estimate of drug-likeness (QED) is 0.649. The molecule has 1 heterocycles. The molecule has 0 aliphatic rings. The van der Waals surface area contributed by atoms with Crippen LogP contribution in [0.2, 0.25) is 0 Å². The molecule has 0 bridgehead atoms. The zero-order valence-corrected chi connectivity index (χ0v) is 11.3. The second-order valence-electron chi connectivity index (χ2n) is 3.92. The van der Waals surface area contributed by atoms with Gasteiger partial charge in [0.1, 0.15) is 0 Å². The summed E-state index contributed by atoms with van der Waals surface area (Å²) in [7, 11) is 1.78. The maximum Gasteiger partial charge on any atom is 0.269 e. The van der Waals surface area contributed by atoms with Gasteiger partial charge in [0.05, 0.1) is 18.1 Å². The fourth-order valence-electron chi connectivity index (χ4n) is 1.71. The molecule has 0 aliphatic heterocycles.